The first-order valence-electron chi connectivity index (χ1n) is 7.15. The van der Waals surface area contributed by atoms with Gasteiger partial charge in [-0.1, -0.05) is 6.07 Å². The number of hydrogen-bond acceptors (Lipinski definition) is 2. The first kappa shape index (κ1) is 3.11. The maximum Gasteiger partial charge on any atom is 0.0519 e. The van der Waals surface area contributed by atoms with Gasteiger partial charge in [-0.3, -0.25) is 9.88 Å². The number of rotatable bonds is 1. The molecule has 0 amide bonds. The molecule has 1 fully saturated rings. The summed E-state index contributed by atoms with van der Waals surface area (Å²) in [6, 6.07) is 0.777. The van der Waals surface area contributed by atoms with Crippen LogP contribution in [-0.4, -0.2) is 23.4 Å². The summed E-state index contributed by atoms with van der Waals surface area (Å²) in [5.41, 5.74) is 0.118. The van der Waals surface area contributed by atoms with Crippen LogP contribution in [0, 0.1) is 0 Å². The Kier molecular flexibility index (Phi) is 0.838. The molecule has 64 valence electrons. The minimum Gasteiger partial charge on any atom is -0.299 e. The van der Waals surface area contributed by atoms with E-state index in [1.165, 1.54) is 31.6 Å². The van der Waals surface area contributed by atoms with Crippen molar-refractivity contribution in [3.05, 3.63) is 30.1 Å². The van der Waals surface area contributed by atoms with Crippen LogP contribution < -0.4 is 0 Å². The molecule has 0 aliphatic carbocycles. The van der Waals surface area contributed by atoms with Crippen LogP contribution in [0.2, 0.25) is 0 Å². The summed E-state index contributed by atoms with van der Waals surface area (Å²) in [4.78, 5) is 4.60. The molecule has 12 heavy (non-hydrogen) atoms. The number of aromatic nitrogens is 1. The molecule has 0 bridgehead atoms. The van der Waals surface area contributed by atoms with E-state index in [-0.39, 0.29) is 5.56 Å². The van der Waals surface area contributed by atoms with Crippen LogP contribution in [0.25, 0.3) is 0 Å². The van der Waals surface area contributed by atoms with Gasteiger partial charge < -0.3 is 0 Å². The fourth-order valence-corrected chi connectivity index (χ4v) is 1.08. The Hall–Kier alpha value is -0.890. The molecule has 2 nitrogen and oxygen atoms in total. The Morgan fingerprint density at radius 2 is 2.75 bits per heavy atom. The van der Waals surface area contributed by atoms with Gasteiger partial charge >= 0.3 is 0 Å². The number of nitrogens with zero attached hydrogens (tertiary/aromatic N) is 2. The normalized spacial score (nSPS) is 51.9. The largest absolute Gasteiger partial charge is 0.299 e. The lowest BCUT2D eigenvalue weighted by Crippen LogP contribution is -2.17. The van der Waals surface area contributed by atoms with E-state index in [4.69, 9.17) is 9.60 Å². The molecule has 1 aliphatic rings. The topological polar surface area (TPSA) is 16.1 Å². The third-order valence-electron chi connectivity index (χ3n) is 1.67. The van der Waals surface area contributed by atoms with Crippen LogP contribution in [0.1, 0.15) is 33.9 Å². The molecule has 1 aliphatic heterocycles. The Labute approximate surface area is 83.1 Å². The van der Waals surface area contributed by atoms with Crippen molar-refractivity contribution in [1.29, 1.82) is 0 Å². The Bertz CT molecular complexity index is 490. The number of likely N-dealkylation sites (tertiary alicyclic amines) is 1. The fraction of sp³-hybridized carbons (Fsp3) is 0.500. The van der Waals surface area contributed by atoms with Gasteiger partial charge in [0.05, 0.1) is 1.37 Å². The molecule has 2 heteroatoms. The Balaban J connectivity index is 2.71. The van der Waals surface area contributed by atoms with E-state index in [2.05, 4.69) is 4.98 Å². The quantitative estimate of drug-likeness (QED) is 0.638. The zero-order valence-electron chi connectivity index (χ0n) is 13.7. The average Bonchev–Trinajstić information content (AvgIpc) is 2.42. The standard InChI is InChI=1S/C10H14N2/c1-12-7-3-5-10(12)9-4-2-6-11-8-9/h2,4,6,8,10H,3,5,7H2,1H3/t10-/m0/s1/i3D2,5D2,7D2,10D. The maximum absolute atomic E-state index is 8.37. The highest BCUT2D eigenvalue weighted by Gasteiger charge is 2.21. The first-order valence-corrected chi connectivity index (χ1v) is 3.65. The average molecular weight is 169 g/mol. The maximum atomic E-state index is 8.37. The van der Waals surface area contributed by atoms with E-state index in [9.17, 15) is 0 Å². The van der Waals surface area contributed by atoms with Gasteiger partial charge in [0, 0.05) is 26.6 Å². The molecule has 1 aromatic rings. The van der Waals surface area contributed by atoms with Crippen molar-refractivity contribution in [1.82, 2.24) is 9.88 Å². The van der Waals surface area contributed by atoms with E-state index in [0.29, 0.717) is 0 Å². The van der Waals surface area contributed by atoms with Crippen molar-refractivity contribution in [2.75, 3.05) is 13.5 Å². The predicted molar refractivity (Wildman–Crippen MR) is 48.8 cm³/mol. The lowest BCUT2D eigenvalue weighted by Gasteiger charge is -2.18. The molecule has 1 aromatic heterocycles. The van der Waals surface area contributed by atoms with Gasteiger partial charge in [0.15, 0.2) is 0 Å². The van der Waals surface area contributed by atoms with E-state index in [1.807, 2.05) is 0 Å². The van der Waals surface area contributed by atoms with E-state index < -0.39 is 25.3 Å². The van der Waals surface area contributed by atoms with E-state index in [0.717, 1.165) is 4.90 Å². The Morgan fingerprint density at radius 1 is 1.83 bits per heavy atom. The van der Waals surface area contributed by atoms with Gasteiger partial charge in [0.2, 0.25) is 0 Å². The van der Waals surface area contributed by atoms with Crippen molar-refractivity contribution in [3.63, 3.8) is 0 Å². The van der Waals surface area contributed by atoms with Crippen LogP contribution in [-0.2, 0) is 0 Å². The minimum atomic E-state index is -2.83. The van der Waals surface area contributed by atoms with Crippen molar-refractivity contribution < 1.29 is 9.60 Å². The molecule has 2 heterocycles. The third-order valence-corrected chi connectivity index (χ3v) is 1.67. The second kappa shape index (κ2) is 3.23. The third kappa shape index (κ3) is 1.34. The summed E-state index contributed by atoms with van der Waals surface area (Å²) in [7, 11) is 1.21. The molecule has 0 radical (unpaired) electrons. The molecule has 0 N–H and O–H groups in total. The van der Waals surface area contributed by atoms with Gasteiger partial charge in [-0.05, 0) is 37.9 Å². The van der Waals surface area contributed by atoms with Crippen molar-refractivity contribution in [2.24, 2.45) is 0 Å². The van der Waals surface area contributed by atoms with Crippen LogP contribution in [0.5, 0.6) is 0 Å². The van der Waals surface area contributed by atoms with Gasteiger partial charge in [0.25, 0.3) is 0 Å². The highest BCUT2D eigenvalue weighted by atomic mass is 15.1. The van der Waals surface area contributed by atoms with Crippen molar-refractivity contribution in [2.45, 2.75) is 18.8 Å². The molecule has 0 spiro atoms. The number of pyridine rings is 1. The monoisotopic (exact) mass is 169 g/mol. The summed E-state index contributed by atoms with van der Waals surface area (Å²) in [6.07, 6.45) is -2.84. The minimum absolute atomic E-state index is 0.118. The fourth-order valence-electron chi connectivity index (χ4n) is 1.08. The molecule has 0 unspecified atom stereocenters. The van der Waals surface area contributed by atoms with E-state index in [1.54, 1.807) is 0 Å². The molecule has 2 rings (SSSR count). The highest BCUT2D eigenvalue weighted by Crippen LogP contribution is 2.29. The van der Waals surface area contributed by atoms with Crippen LogP contribution in [0.15, 0.2) is 24.5 Å². The summed E-state index contributed by atoms with van der Waals surface area (Å²) in [5.74, 6) is 0. The van der Waals surface area contributed by atoms with Crippen molar-refractivity contribution >= 4 is 0 Å². The summed E-state index contributed by atoms with van der Waals surface area (Å²) in [6.45, 7) is -2.60. The highest BCUT2D eigenvalue weighted by molar-refractivity contribution is 5.14. The lowest BCUT2D eigenvalue weighted by atomic mass is 10.1. The SMILES string of the molecule is [2H]C1([2H])N(C)[C@]([2H])(c2cccnc2)C([2H])([2H])C1([2H])[2H]. The summed E-state index contributed by atoms with van der Waals surface area (Å²) < 4.78 is 55.4. The molecule has 1 atom stereocenters. The zero-order chi connectivity index (χ0) is 14.7. The first-order chi connectivity index (χ1) is 8.51. The molecular formula is C10H14N2. The zero-order valence-corrected chi connectivity index (χ0v) is 6.70. The Morgan fingerprint density at radius 3 is 3.33 bits per heavy atom. The second-order valence-electron chi connectivity index (χ2n) is 2.51. The van der Waals surface area contributed by atoms with Crippen LogP contribution in [0.4, 0.5) is 0 Å². The van der Waals surface area contributed by atoms with E-state index >= 15 is 0 Å². The van der Waals surface area contributed by atoms with Crippen molar-refractivity contribution in [3.8, 4) is 0 Å². The summed E-state index contributed by atoms with van der Waals surface area (Å²) in [5, 5.41) is 0. The van der Waals surface area contributed by atoms with Gasteiger partial charge in [0.1, 0.15) is 0 Å². The van der Waals surface area contributed by atoms with Crippen LogP contribution in [0.3, 0.4) is 0 Å². The smallest absolute Gasteiger partial charge is 0.0519 e. The van der Waals surface area contributed by atoms with Crippen LogP contribution >= 0.6 is 0 Å². The second-order valence-corrected chi connectivity index (χ2v) is 2.51. The molecule has 1 saturated heterocycles. The van der Waals surface area contributed by atoms with Gasteiger partial charge in [-0.2, -0.15) is 0 Å². The molecule has 0 aromatic carbocycles. The molecular weight excluding hydrogens is 148 g/mol. The lowest BCUT2D eigenvalue weighted by molar-refractivity contribution is 0.317. The summed E-state index contributed by atoms with van der Waals surface area (Å²) >= 11 is 0. The number of hydrogen-bond donors (Lipinski definition) is 0. The van der Waals surface area contributed by atoms with Gasteiger partial charge in [-0.15, -0.1) is 0 Å². The predicted octanol–water partition coefficient (Wildman–Crippen LogP) is 1.85. The van der Waals surface area contributed by atoms with Gasteiger partial charge in [-0.25, -0.2) is 0 Å². The molecule has 0 saturated carbocycles.